The molecule has 0 saturated heterocycles. The number of hydrogen-bond donors (Lipinski definition) is 2. The molecule has 6 nitrogen and oxygen atoms in total. The van der Waals surface area contributed by atoms with Crippen LogP contribution >= 0.6 is 0 Å². The molecule has 0 fully saturated rings. The maximum absolute atomic E-state index is 10.2. The Kier molecular flexibility index (Phi) is 1.98. The SMILES string of the molecule is NNc1cccnc1[N+](=O)[O-]. The highest BCUT2D eigenvalue weighted by atomic mass is 16.6. The van der Waals surface area contributed by atoms with Gasteiger partial charge in [0.2, 0.25) is 0 Å². The van der Waals surface area contributed by atoms with Gasteiger partial charge in [0.15, 0.2) is 0 Å². The van der Waals surface area contributed by atoms with Crippen LogP contribution in [0.3, 0.4) is 0 Å². The fourth-order valence-electron chi connectivity index (χ4n) is 0.655. The molecule has 0 atom stereocenters. The smallest absolute Gasteiger partial charge is 0.358 e. The summed E-state index contributed by atoms with van der Waals surface area (Å²) in [4.78, 5) is 13.1. The lowest BCUT2D eigenvalue weighted by Crippen LogP contribution is -2.09. The van der Waals surface area contributed by atoms with E-state index in [1.807, 2.05) is 0 Å². The number of nitrogens with zero attached hydrogens (tertiary/aromatic N) is 2. The summed E-state index contributed by atoms with van der Waals surface area (Å²) in [5, 5.41) is 10.2. The molecular weight excluding hydrogens is 148 g/mol. The lowest BCUT2D eigenvalue weighted by atomic mass is 10.4. The van der Waals surface area contributed by atoms with Crippen molar-refractivity contribution in [3.05, 3.63) is 28.4 Å². The Morgan fingerprint density at radius 3 is 2.91 bits per heavy atom. The number of nitrogen functional groups attached to an aromatic ring is 1. The molecule has 0 saturated carbocycles. The third-order valence-electron chi connectivity index (χ3n) is 1.12. The molecule has 0 aliphatic heterocycles. The molecule has 11 heavy (non-hydrogen) atoms. The van der Waals surface area contributed by atoms with Gasteiger partial charge in [-0.2, -0.15) is 0 Å². The van der Waals surface area contributed by atoms with Crippen molar-refractivity contribution in [2.24, 2.45) is 5.84 Å². The van der Waals surface area contributed by atoms with Gasteiger partial charge in [0.05, 0.1) is 0 Å². The molecule has 1 aromatic heterocycles. The molecule has 0 amide bonds. The lowest BCUT2D eigenvalue weighted by Gasteiger charge is -1.98. The first-order valence-electron chi connectivity index (χ1n) is 2.81. The second-order valence-corrected chi connectivity index (χ2v) is 1.78. The molecule has 0 unspecified atom stereocenters. The van der Waals surface area contributed by atoms with Gasteiger partial charge in [-0.1, -0.05) is 0 Å². The van der Waals surface area contributed by atoms with Gasteiger partial charge in [-0.3, -0.25) is 5.84 Å². The van der Waals surface area contributed by atoms with Gasteiger partial charge < -0.3 is 15.5 Å². The maximum atomic E-state index is 10.2. The quantitative estimate of drug-likeness (QED) is 0.362. The second-order valence-electron chi connectivity index (χ2n) is 1.78. The van der Waals surface area contributed by atoms with E-state index in [4.69, 9.17) is 5.84 Å². The van der Waals surface area contributed by atoms with Crippen LogP contribution in [0.1, 0.15) is 0 Å². The first kappa shape index (κ1) is 7.42. The average Bonchev–Trinajstić information content (AvgIpc) is 2.04. The highest BCUT2D eigenvalue weighted by Gasteiger charge is 2.11. The van der Waals surface area contributed by atoms with Crippen molar-refractivity contribution < 1.29 is 4.92 Å². The van der Waals surface area contributed by atoms with E-state index in [0.717, 1.165) is 0 Å². The van der Waals surface area contributed by atoms with Crippen molar-refractivity contribution in [3.63, 3.8) is 0 Å². The highest BCUT2D eigenvalue weighted by molar-refractivity contribution is 5.55. The Labute approximate surface area is 62.2 Å². The molecular formula is C5H6N4O2. The number of nitrogens with two attached hydrogens (primary N) is 1. The highest BCUT2D eigenvalue weighted by Crippen LogP contribution is 2.17. The first-order chi connectivity index (χ1) is 5.25. The number of pyridine rings is 1. The summed E-state index contributed by atoms with van der Waals surface area (Å²) < 4.78 is 0. The van der Waals surface area contributed by atoms with E-state index in [9.17, 15) is 10.1 Å². The molecule has 6 heteroatoms. The molecule has 0 aliphatic carbocycles. The zero-order chi connectivity index (χ0) is 8.27. The van der Waals surface area contributed by atoms with Crippen LogP contribution in [0.2, 0.25) is 0 Å². The van der Waals surface area contributed by atoms with E-state index in [1.54, 1.807) is 6.07 Å². The third kappa shape index (κ3) is 1.41. The number of nitrogens with one attached hydrogen (secondary N) is 1. The topological polar surface area (TPSA) is 94.1 Å². The summed E-state index contributed by atoms with van der Waals surface area (Å²) in [6.07, 6.45) is 1.33. The molecule has 0 aliphatic rings. The van der Waals surface area contributed by atoms with Gasteiger partial charge in [0.25, 0.3) is 0 Å². The number of anilines is 1. The average molecular weight is 154 g/mol. The normalized spacial score (nSPS) is 9.18. The van der Waals surface area contributed by atoms with Crippen molar-refractivity contribution in [1.82, 2.24) is 4.98 Å². The molecule has 0 aromatic carbocycles. The van der Waals surface area contributed by atoms with Crippen LogP contribution in [0.15, 0.2) is 18.3 Å². The largest absolute Gasteiger partial charge is 0.388 e. The third-order valence-corrected chi connectivity index (χ3v) is 1.12. The number of nitro groups is 1. The van der Waals surface area contributed by atoms with Gasteiger partial charge in [-0.15, -0.1) is 0 Å². The summed E-state index contributed by atoms with van der Waals surface area (Å²) in [5.41, 5.74) is 2.38. The Bertz CT molecular complexity index is 275. The van der Waals surface area contributed by atoms with Gasteiger partial charge in [-0.25, -0.2) is 0 Å². The van der Waals surface area contributed by atoms with Crippen LogP contribution in [0.5, 0.6) is 0 Å². The van der Waals surface area contributed by atoms with E-state index >= 15 is 0 Å². The maximum Gasteiger partial charge on any atom is 0.388 e. The molecule has 1 heterocycles. The molecule has 1 aromatic rings. The summed E-state index contributed by atoms with van der Waals surface area (Å²) in [5.74, 6) is 4.73. The van der Waals surface area contributed by atoms with Gasteiger partial charge in [-0.05, 0) is 22.0 Å². The van der Waals surface area contributed by atoms with Crippen molar-refractivity contribution >= 4 is 11.5 Å². The Morgan fingerprint density at radius 1 is 1.73 bits per heavy atom. The first-order valence-corrected chi connectivity index (χ1v) is 2.81. The molecule has 0 spiro atoms. The van der Waals surface area contributed by atoms with Gasteiger partial charge >= 0.3 is 5.82 Å². The Balaban J connectivity index is 3.12. The zero-order valence-corrected chi connectivity index (χ0v) is 5.52. The number of rotatable bonds is 2. The van der Waals surface area contributed by atoms with Crippen molar-refractivity contribution in [1.29, 1.82) is 0 Å². The van der Waals surface area contributed by atoms with Crippen LogP contribution in [-0.2, 0) is 0 Å². The minimum Gasteiger partial charge on any atom is -0.358 e. The van der Waals surface area contributed by atoms with Gasteiger partial charge in [0, 0.05) is 0 Å². The number of hydrogen-bond acceptors (Lipinski definition) is 5. The van der Waals surface area contributed by atoms with E-state index in [2.05, 4.69) is 10.4 Å². The minimum absolute atomic E-state index is 0.206. The summed E-state index contributed by atoms with van der Waals surface area (Å²) >= 11 is 0. The van der Waals surface area contributed by atoms with E-state index in [1.165, 1.54) is 12.3 Å². The van der Waals surface area contributed by atoms with Crippen LogP contribution < -0.4 is 11.3 Å². The minimum atomic E-state index is -0.602. The molecule has 58 valence electrons. The van der Waals surface area contributed by atoms with E-state index in [-0.39, 0.29) is 11.5 Å². The Morgan fingerprint density at radius 2 is 2.45 bits per heavy atom. The van der Waals surface area contributed by atoms with Crippen LogP contribution in [0, 0.1) is 10.1 Å². The molecule has 1 rings (SSSR count). The Hall–Kier alpha value is -1.69. The summed E-state index contributed by atoms with van der Waals surface area (Å²) in [7, 11) is 0. The summed E-state index contributed by atoms with van der Waals surface area (Å²) in [6, 6.07) is 3.04. The lowest BCUT2D eigenvalue weighted by molar-refractivity contribution is -0.388. The van der Waals surface area contributed by atoms with Crippen molar-refractivity contribution in [2.75, 3.05) is 5.43 Å². The van der Waals surface area contributed by atoms with Crippen molar-refractivity contribution in [3.8, 4) is 0 Å². The predicted molar refractivity (Wildman–Crippen MR) is 38.7 cm³/mol. The van der Waals surface area contributed by atoms with Crippen LogP contribution in [0.4, 0.5) is 11.5 Å². The zero-order valence-electron chi connectivity index (χ0n) is 5.52. The standard InChI is InChI=1S/C5H6N4O2/c6-8-4-2-1-3-7-5(4)9(10)11/h1-3,8H,6H2. The van der Waals surface area contributed by atoms with Crippen LogP contribution in [-0.4, -0.2) is 9.91 Å². The second kappa shape index (κ2) is 2.93. The molecule has 3 N–H and O–H groups in total. The molecule has 0 bridgehead atoms. The monoisotopic (exact) mass is 154 g/mol. The fourth-order valence-corrected chi connectivity index (χ4v) is 0.655. The van der Waals surface area contributed by atoms with Crippen LogP contribution in [0.25, 0.3) is 0 Å². The molecule has 0 radical (unpaired) electrons. The van der Waals surface area contributed by atoms with Gasteiger partial charge in [0.1, 0.15) is 11.9 Å². The van der Waals surface area contributed by atoms with Crippen molar-refractivity contribution in [2.45, 2.75) is 0 Å². The van der Waals surface area contributed by atoms with E-state index < -0.39 is 4.92 Å². The number of hydrazine groups is 1. The summed E-state index contributed by atoms with van der Waals surface area (Å²) in [6.45, 7) is 0. The number of aromatic nitrogens is 1. The fraction of sp³-hybridized carbons (Fsp3) is 0. The predicted octanol–water partition coefficient (Wildman–Crippen LogP) is 0.275. The van der Waals surface area contributed by atoms with E-state index in [0.29, 0.717) is 0 Å².